The molecule has 0 aliphatic carbocycles. The second-order valence-corrected chi connectivity index (χ2v) is 4.37. The Morgan fingerprint density at radius 3 is 2.62 bits per heavy atom. The first-order valence-electron chi connectivity index (χ1n) is 6.97. The van der Waals surface area contributed by atoms with Crippen LogP contribution in [0, 0.1) is 0 Å². The first-order valence-corrected chi connectivity index (χ1v) is 6.97. The number of nitrogens with one attached hydrogen (secondary N) is 3. The van der Waals surface area contributed by atoms with E-state index in [2.05, 4.69) is 20.9 Å². The number of pyridine rings is 1. The predicted octanol–water partition coefficient (Wildman–Crippen LogP) is 0.804. The van der Waals surface area contributed by atoms with E-state index in [0.717, 1.165) is 12.2 Å². The van der Waals surface area contributed by atoms with Gasteiger partial charge in [0.15, 0.2) is 6.10 Å². The van der Waals surface area contributed by atoms with Crippen LogP contribution >= 0.6 is 0 Å². The molecule has 1 aromatic rings. The highest BCUT2D eigenvalue weighted by Gasteiger charge is 2.17. The van der Waals surface area contributed by atoms with Crippen molar-refractivity contribution in [3.05, 3.63) is 24.0 Å². The van der Waals surface area contributed by atoms with E-state index in [9.17, 15) is 9.59 Å². The van der Waals surface area contributed by atoms with E-state index in [-0.39, 0.29) is 0 Å². The highest BCUT2D eigenvalue weighted by Crippen LogP contribution is 2.11. The molecule has 21 heavy (non-hydrogen) atoms. The van der Waals surface area contributed by atoms with E-state index in [4.69, 9.17) is 4.74 Å². The van der Waals surface area contributed by atoms with Crippen molar-refractivity contribution < 1.29 is 14.3 Å². The summed E-state index contributed by atoms with van der Waals surface area (Å²) in [6, 6.07) is 3.04. The van der Waals surface area contributed by atoms with Crippen LogP contribution in [0.4, 0.5) is 4.79 Å². The minimum absolute atomic E-state index is 0.450. The maximum absolute atomic E-state index is 11.7. The highest BCUT2D eigenvalue weighted by molar-refractivity contribution is 5.96. The van der Waals surface area contributed by atoms with E-state index < -0.39 is 18.0 Å². The molecule has 0 aromatic carbocycles. The quantitative estimate of drug-likeness (QED) is 0.692. The Balaban J connectivity index is 2.48. The third-order valence-electron chi connectivity index (χ3n) is 2.61. The number of hydrogen-bond acceptors (Lipinski definition) is 5. The number of carbonyl (C=O) groups is 2. The Hall–Kier alpha value is -2.15. The summed E-state index contributed by atoms with van der Waals surface area (Å²) in [6.45, 7) is 7.37. The van der Waals surface area contributed by atoms with Gasteiger partial charge in [0.1, 0.15) is 5.75 Å². The van der Waals surface area contributed by atoms with Crippen molar-refractivity contribution in [2.24, 2.45) is 0 Å². The summed E-state index contributed by atoms with van der Waals surface area (Å²) in [5.41, 5.74) is 0.892. The first-order chi connectivity index (χ1) is 10.1. The predicted molar refractivity (Wildman–Crippen MR) is 78.9 cm³/mol. The van der Waals surface area contributed by atoms with Crippen molar-refractivity contribution in [1.82, 2.24) is 20.9 Å². The van der Waals surface area contributed by atoms with Gasteiger partial charge in [-0.05, 0) is 32.5 Å². The lowest BCUT2D eigenvalue weighted by molar-refractivity contribution is -0.126. The van der Waals surface area contributed by atoms with Crippen LogP contribution in [0.3, 0.4) is 0 Å². The lowest BCUT2D eigenvalue weighted by Crippen LogP contribution is -2.45. The Morgan fingerprint density at radius 2 is 2.05 bits per heavy atom. The number of carbonyl (C=O) groups excluding carboxylic acids is 2. The van der Waals surface area contributed by atoms with Gasteiger partial charge in [-0.15, -0.1) is 0 Å². The largest absolute Gasteiger partial charge is 0.479 e. The molecule has 1 aromatic heterocycles. The average Bonchev–Trinajstić information content (AvgIpc) is 2.46. The van der Waals surface area contributed by atoms with E-state index in [1.165, 1.54) is 0 Å². The molecule has 7 nitrogen and oxygen atoms in total. The summed E-state index contributed by atoms with van der Waals surface area (Å²) < 4.78 is 5.44. The molecule has 0 saturated carbocycles. The lowest BCUT2D eigenvalue weighted by Gasteiger charge is -2.14. The molecular weight excluding hydrogens is 272 g/mol. The summed E-state index contributed by atoms with van der Waals surface area (Å²) in [4.78, 5) is 27.2. The maximum Gasteiger partial charge on any atom is 0.321 e. The number of rotatable bonds is 7. The average molecular weight is 294 g/mol. The molecule has 1 atom stereocenters. The van der Waals surface area contributed by atoms with Crippen molar-refractivity contribution in [2.75, 3.05) is 13.1 Å². The van der Waals surface area contributed by atoms with Crippen molar-refractivity contribution in [2.45, 2.75) is 33.4 Å². The summed E-state index contributed by atoms with van der Waals surface area (Å²) in [6.07, 6.45) is 0.775. The van der Waals surface area contributed by atoms with Crippen molar-refractivity contribution >= 4 is 11.9 Å². The van der Waals surface area contributed by atoms with E-state index >= 15 is 0 Å². The third kappa shape index (κ3) is 6.22. The molecule has 1 unspecified atom stereocenters. The fourth-order valence-electron chi connectivity index (χ4n) is 1.51. The fraction of sp³-hybridized carbons (Fsp3) is 0.500. The van der Waals surface area contributed by atoms with Crippen LogP contribution in [-0.2, 0) is 11.3 Å². The molecule has 7 heteroatoms. The standard InChI is InChI=1S/C14H22N4O3/c1-4-15-8-11-6-7-12(9-17-11)21-10(3)13(19)18-14(20)16-5-2/h6-7,9-10,15H,4-5,8H2,1-3H3,(H2,16,18,19,20). The molecule has 0 bridgehead atoms. The zero-order chi connectivity index (χ0) is 15.7. The fourth-order valence-corrected chi connectivity index (χ4v) is 1.51. The number of aromatic nitrogens is 1. The molecule has 1 heterocycles. The monoisotopic (exact) mass is 294 g/mol. The minimum Gasteiger partial charge on any atom is -0.479 e. The normalized spacial score (nSPS) is 11.6. The van der Waals surface area contributed by atoms with Crippen LogP contribution in [0.15, 0.2) is 18.3 Å². The van der Waals surface area contributed by atoms with Crippen molar-refractivity contribution in [3.63, 3.8) is 0 Å². The summed E-state index contributed by atoms with van der Waals surface area (Å²) in [5.74, 6) is -0.0218. The SMILES string of the molecule is CCNCc1ccc(OC(C)C(=O)NC(=O)NCC)cn1. The van der Waals surface area contributed by atoms with Gasteiger partial charge in [-0.3, -0.25) is 15.1 Å². The molecule has 116 valence electrons. The van der Waals surface area contributed by atoms with Gasteiger partial charge in [-0.1, -0.05) is 6.92 Å². The molecule has 3 N–H and O–H groups in total. The summed E-state index contributed by atoms with van der Waals surface area (Å²) in [5, 5.41) is 7.84. The minimum atomic E-state index is -0.783. The van der Waals surface area contributed by atoms with Gasteiger partial charge in [0.2, 0.25) is 0 Å². The molecular formula is C14H22N4O3. The molecule has 0 aliphatic rings. The van der Waals surface area contributed by atoms with Crippen LogP contribution in [0.2, 0.25) is 0 Å². The van der Waals surface area contributed by atoms with Gasteiger partial charge in [0.25, 0.3) is 5.91 Å². The van der Waals surface area contributed by atoms with Crippen LogP contribution in [0.25, 0.3) is 0 Å². The summed E-state index contributed by atoms with van der Waals surface area (Å²) in [7, 11) is 0. The van der Waals surface area contributed by atoms with Gasteiger partial charge in [0, 0.05) is 13.1 Å². The second kappa shape index (κ2) is 8.91. The van der Waals surface area contributed by atoms with E-state index in [1.54, 1.807) is 26.1 Å². The number of ether oxygens (including phenoxy) is 1. The van der Waals surface area contributed by atoms with E-state index in [0.29, 0.717) is 18.8 Å². The lowest BCUT2D eigenvalue weighted by atomic mass is 10.3. The van der Waals surface area contributed by atoms with E-state index in [1.807, 2.05) is 13.0 Å². The maximum atomic E-state index is 11.7. The van der Waals surface area contributed by atoms with Gasteiger partial charge in [0.05, 0.1) is 11.9 Å². The van der Waals surface area contributed by atoms with Crippen LogP contribution in [0.5, 0.6) is 5.75 Å². The van der Waals surface area contributed by atoms with Crippen molar-refractivity contribution in [3.8, 4) is 5.75 Å². The van der Waals surface area contributed by atoms with Crippen LogP contribution in [-0.4, -0.2) is 36.1 Å². The number of hydrogen-bond donors (Lipinski definition) is 3. The zero-order valence-electron chi connectivity index (χ0n) is 12.6. The first kappa shape index (κ1) is 16.9. The number of amides is 3. The zero-order valence-corrected chi connectivity index (χ0v) is 12.6. The Labute approximate surface area is 124 Å². The van der Waals surface area contributed by atoms with Gasteiger partial charge >= 0.3 is 6.03 Å². The van der Waals surface area contributed by atoms with Crippen LogP contribution in [0.1, 0.15) is 26.5 Å². The highest BCUT2D eigenvalue weighted by atomic mass is 16.5. The molecule has 0 fully saturated rings. The van der Waals surface area contributed by atoms with Gasteiger partial charge in [-0.25, -0.2) is 4.79 Å². The molecule has 0 aliphatic heterocycles. The summed E-state index contributed by atoms with van der Waals surface area (Å²) >= 11 is 0. The smallest absolute Gasteiger partial charge is 0.321 e. The van der Waals surface area contributed by atoms with Crippen LogP contribution < -0.4 is 20.7 Å². The second-order valence-electron chi connectivity index (χ2n) is 4.37. The number of urea groups is 1. The number of imide groups is 1. The Bertz CT molecular complexity index is 462. The molecule has 0 spiro atoms. The molecule has 0 saturated heterocycles. The molecule has 0 radical (unpaired) electrons. The third-order valence-corrected chi connectivity index (χ3v) is 2.61. The number of nitrogens with zero attached hydrogens (tertiary/aromatic N) is 1. The van der Waals surface area contributed by atoms with Gasteiger partial charge < -0.3 is 15.4 Å². The van der Waals surface area contributed by atoms with Gasteiger partial charge in [-0.2, -0.15) is 0 Å². The van der Waals surface area contributed by atoms with Crippen molar-refractivity contribution in [1.29, 1.82) is 0 Å². The Morgan fingerprint density at radius 1 is 1.29 bits per heavy atom. The Kier molecular flexibility index (Phi) is 7.17. The topological polar surface area (TPSA) is 92.4 Å². The molecule has 1 rings (SSSR count). The molecule has 3 amide bonds.